The number of ether oxygens (including phenoxy) is 2. The van der Waals surface area contributed by atoms with Crippen LogP contribution >= 0.6 is 33.9 Å². The molecule has 5 nitrogen and oxygen atoms in total. The van der Waals surface area contributed by atoms with E-state index in [0.717, 1.165) is 18.5 Å². The Kier molecular flexibility index (Phi) is 6.97. The second-order valence-electron chi connectivity index (χ2n) is 4.77. The number of thiophene rings is 1. The minimum atomic E-state index is 0.450. The summed E-state index contributed by atoms with van der Waals surface area (Å²) in [6, 6.07) is 9.99. The fourth-order valence-corrected chi connectivity index (χ4v) is 3.77. The van der Waals surface area contributed by atoms with Crippen molar-refractivity contribution in [3.8, 4) is 11.5 Å². The van der Waals surface area contributed by atoms with E-state index in [1.165, 1.54) is 7.76 Å². The maximum absolute atomic E-state index is 5.90. The molecule has 0 aliphatic carbocycles. The predicted molar refractivity (Wildman–Crippen MR) is 104 cm³/mol. The molecule has 7 heteroatoms. The number of halogens is 1. The number of nitrogens with one attached hydrogen (secondary N) is 1. The van der Waals surface area contributed by atoms with Gasteiger partial charge in [0.1, 0.15) is 0 Å². The first-order chi connectivity index (χ1) is 11.1. The maximum Gasteiger partial charge on any atom is 0.188 e. The molecule has 0 radical (unpaired) electrons. The Balaban J connectivity index is 1.84. The SMILES string of the molecule is COc1ccc(CN=C(N)NCCc2ccc(I)s2)cc1OC. The van der Waals surface area contributed by atoms with Crippen molar-refractivity contribution in [3.05, 3.63) is 43.7 Å². The van der Waals surface area contributed by atoms with Gasteiger partial charge in [0.15, 0.2) is 17.5 Å². The molecule has 1 aromatic carbocycles. The van der Waals surface area contributed by atoms with E-state index in [4.69, 9.17) is 15.2 Å². The zero-order chi connectivity index (χ0) is 16.7. The molecule has 0 fully saturated rings. The molecule has 1 aromatic heterocycles. The lowest BCUT2D eigenvalue weighted by molar-refractivity contribution is 0.354. The Bertz CT molecular complexity index is 673. The van der Waals surface area contributed by atoms with Crippen LogP contribution in [0.5, 0.6) is 11.5 Å². The van der Waals surface area contributed by atoms with Crippen molar-refractivity contribution < 1.29 is 9.47 Å². The van der Waals surface area contributed by atoms with Crippen LogP contribution in [0, 0.1) is 2.88 Å². The third-order valence-corrected chi connectivity index (χ3v) is 5.14. The Hall–Kier alpha value is -1.48. The second-order valence-corrected chi connectivity index (χ2v) is 7.84. The average molecular weight is 445 g/mol. The summed E-state index contributed by atoms with van der Waals surface area (Å²) in [6.45, 7) is 1.27. The van der Waals surface area contributed by atoms with Crippen molar-refractivity contribution in [2.45, 2.75) is 13.0 Å². The van der Waals surface area contributed by atoms with Crippen molar-refractivity contribution in [1.82, 2.24) is 5.32 Å². The molecule has 0 saturated carbocycles. The number of guanidine groups is 1. The number of rotatable bonds is 7. The van der Waals surface area contributed by atoms with Crippen LogP contribution in [0.1, 0.15) is 10.4 Å². The van der Waals surface area contributed by atoms with E-state index < -0.39 is 0 Å². The minimum absolute atomic E-state index is 0.450. The molecular weight excluding hydrogens is 425 g/mol. The molecule has 0 saturated heterocycles. The summed E-state index contributed by atoms with van der Waals surface area (Å²) in [4.78, 5) is 5.69. The highest BCUT2D eigenvalue weighted by atomic mass is 127. The first-order valence-corrected chi connectivity index (χ1v) is 9.01. The monoisotopic (exact) mass is 445 g/mol. The number of hydrogen-bond acceptors (Lipinski definition) is 4. The molecule has 124 valence electrons. The van der Waals surface area contributed by atoms with E-state index >= 15 is 0 Å². The quantitative estimate of drug-likeness (QED) is 0.391. The van der Waals surface area contributed by atoms with Gasteiger partial charge in [0.25, 0.3) is 0 Å². The zero-order valence-corrected chi connectivity index (χ0v) is 16.1. The highest BCUT2D eigenvalue weighted by Gasteiger charge is 2.04. The van der Waals surface area contributed by atoms with Gasteiger partial charge in [-0.25, -0.2) is 4.99 Å². The molecule has 2 aromatic rings. The second kappa shape index (κ2) is 8.97. The molecule has 2 rings (SSSR count). The van der Waals surface area contributed by atoms with Gasteiger partial charge in [0, 0.05) is 11.4 Å². The van der Waals surface area contributed by atoms with Crippen LogP contribution in [0.4, 0.5) is 0 Å². The summed E-state index contributed by atoms with van der Waals surface area (Å²) in [5, 5.41) is 3.14. The van der Waals surface area contributed by atoms with Gasteiger partial charge in [-0.3, -0.25) is 0 Å². The number of nitrogens with zero attached hydrogens (tertiary/aromatic N) is 1. The molecule has 23 heavy (non-hydrogen) atoms. The lowest BCUT2D eigenvalue weighted by Gasteiger charge is -2.09. The third kappa shape index (κ3) is 5.58. The zero-order valence-electron chi connectivity index (χ0n) is 13.1. The molecule has 0 aliphatic heterocycles. The summed E-state index contributed by atoms with van der Waals surface area (Å²) in [6.07, 6.45) is 0.945. The van der Waals surface area contributed by atoms with E-state index in [2.05, 4.69) is 45.0 Å². The van der Waals surface area contributed by atoms with Crippen molar-refractivity contribution in [2.75, 3.05) is 20.8 Å². The standard InChI is InChI=1S/C16H20IN3O2S/c1-21-13-5-3-11(9-14(13)22-2)10-20-16(18)19-8-7-12-4-6-15(17)23-12/h3-6,9H,7-8,10H2,1-2H3,(H3,18,19,20). The van der Waals surface area contributed by atoms with E-state index in [-0.39, 0.29) is 0 Å². The summed E-state index contributed by atoms with van der Waals surface area (Å²) in [5.74, 6) is 1.85. The third-order valence-electron chi connectivity index (χ3n) is 3.19. The molecule has 1 heterocycles. The first-order valence-electron chi connectivity index (χ1n) is 7.11. The Labute approximate surface area is 154 Å². The van der Waals surface area contributed by atoms with Crippen LogP contribution in [0.25, 0.3) is 0 Å². The van der Waals surface area contributed by atoms with Crippen LogP contribution < -0.4 is 20.5 Å². The fraction of sp³-hybridized carbons (Fsp3) is 0.312. The van der Waals surface area contributed by atoms with Crippen molar-refractivity contribution in [2.24, 2.45) is 10.7 Å². The van der Waals surface area contributed by atoms with Gasteiger partial charge in [0.05, 0.1) is 23.6 Å². The number of hydrogen-bond donors (Lipinski definition) is 2. The molecule has 0 spiro atoms. The fourth-order valence-electron chi connectivity index (χ4n) is 2.01. The van der Waals surface area contributed by atoms with Crippen molar-refractivity contribution >= 4 is 39.9 Å². The lowest BCUT2D eigenvalue weighted by atomic mass is 10.2. The minimum Gasteiger partial charge on any atom is -0.493 e. The van der Waals surface area contributed by atoms with Crippen LogP contribution in [0.15, 0.2) is 35.3 Å². The highest BCUT2D eigenvalue weighted by molar-refractivity contribution is 14.1. The summed E-state index contributed by atoms with van der Waals surface area (Å²) >= 11 is 4.12. The van der Waals surface area contributed by atoms with Gasteiger partial charge in [-0.1, -0.05) is 6.07 Å². The number of methoxy groups -OCH3 is 2. The molecule has 0 unspecified atom stereocenters. The highest BCUT2D eigenvalue weighted by Crippen LogP contribution is 2.27. The Morgan fingerprint density at radius 2 is 2.00 bits per heavy atom. The van der Waals surface area contributed by atoms with Crippen LogP contribution in [0.2, 0.25) is 0 Å². The van der Waals surface area contributed by atoms with Crippen molar-refractivity contribution in [1.29, 1.82) is 0 Å². The first kappa shape index (κ1) is 17.9. The van der Waals surface area contributed by atoms with Crippen LogP contribution in [-0.2, 0) is 13.0 Å². The topological polar surface area (TPSA) is 68.9 Å². The summed E-state index contributed by atoms with van der Waals surface area (Å²) in [5.41, 5.74) is 6.92. The molecule has 0 bridgehead atoms. The van der Waals surface area contributed by atoms with E-state index in [1.807, 2.05) is 18.2 Å². The molecule has 0 atom stereocenters. The lowest BCUT2D eigenvalue weighted by Crippen LogP contribution is -2.33. The van der Waals surface area contributed by atoms with Gasteiger partial charge in [0.2, 0.25) is 0 Å². The van der Waals surface area contributed by atoms with Gasteiger partial charge < -0.3 is 20.5 Å². The summed E-state index contributed by atoms with van der Waals surface area (Å²) < 4.78 is 11.8. The summed E-state index contributed by atoms with van der Waals surface area (Å²) in [7, 11) is 3.23. The average Bonchev–Trinajstić information content (AvgIpc) is 2.98. The van der Waals surface area contributed by atoms with Gasteiger partial charge in [-0.15, -0.1) is 11.3 Å². The number of nitrogens with two attached hydrogens (primary N) is 1. The predicted octanol–water partition coefficient (Wildman–Crippen LogP) is 3.02. The Morgan fingerprint density at radius 1 is 1.22 bits per heavy atom. The smallest absolute Gasteiger partial charge is 0.188 e. The van der Waals surface area contributed by atoms with Gasteiger partial charge in [-0.05, 0) is 58.8 Å². The van der Waals surface area contributed by atoms with E-state index in [9.17, 15) is 0 Å². The normalized spacial score (nSPS) is 11.3. The Morgan fingerprint density at radius 3 is 2.65 bits per heavy atom. The number of benzene rings is 1. The number of aliphatic imine (C=N–C) groups is 1. The molecule has 3 N–H and O–H groups in total. The molecule has 0 amide bonds. The largest absolute Gasteiger partial charge is 0.493 e. The van der Waals surface area contributed by atoms with Crippen LogP contribution in [0.3, 0.4) is 0 Å². The molecular formula is C16H20IN3O2S. The van der Waals surface area contributed by atoms with Gasteiger partial charge >= 0.3 is 0 Å². The van der Waals surface area contributed by atoms with Crippen LogP contribution in [-0.4, -0.2) is 26.7 Å². The van der Waals surface area contributed by atoms with E-state index in [0.29, 0.717) is 24.0 Å². The molecule has 0 aliphatic rings. The van der Waals surface area contributed by atoms with Gasteiger partial charge in [-0.2, -0.15) is 0 Å². The van der Waals surface area contributed by atoms with E-state index in [1.54, 1.807) is 25.6 Å². The van der Waals surface area contributed by atoms with Crippen molar-refractivity contribution in [3.63, 3.8) is 0 Å². The maximum atomic E-state index is 5.90.